The standard InChI is InChI=1S/C15H14N2O3S/c16-13-6-3-4-11(8-13)10-17-21(18,19)15-9-12-5-1-2-7-14(12)20-15/h1-9,17H,10,16H2. The Kier molecular flexibility index (Phi) is 3.40. The van der Waals surface area contributed by atoms with Gasteiger partial charge in [0.15, 0.2) is 0 Å². The fourth-order valence-electron chi connectivity index (χ4n) is 2.04. The molecule has 0 radical (unpaired) electrons. The van der Waals surface area contributed by atoms with Gasteiger partial charge in [-0.15, -0.1) is 0 Å². The minimum Gasteiger partial charge on any atom is -0.443 e. The molecule has 0 fully saturated rings. The molecule has 0 amide bonds. The molecule has 0 atom stereocenters. The van der Waals surface area contributed by atoms with E-state index in [4.69, 9.17) is 10.2 Å². The number of benzene rings is 2. The van der Waals surface area contributed by atoms with Crippen LogP contribution in [0.5, 0.6) is 0 Å². The summed E-state index contributed by atoms with van der Waals surface area (Å²) in [6, 6.07) is 15.7. The van der Waals surface area contributed by atoms with Crippen LogP contribution < -0.4 is 10.5 Å². The maximum Gasteiger partial charge on any atom is 0.274 e. The van der Waals surface area contributed by atoms with Crippen molar-refractivity contribution in [2.45, 2.75) is 11.6 Å². The van der Waals surface area contributed by atoms with Gasteiger partial charge in [-0.25, -0.2) is 13.1 Å². The van der Waals surface area contributed by atoms with Gasteiger partial charge in [0, 0.05) is 23.7 Å². The third kappa shape index (κ3) is 2.91. The van der Waals surface area contributed by atoms with E-state index >= 15 is 0 Å². The van der Waals surface area contributed by atoms with Gasteiger partial charge < -0.3 is 10.2 Å². The number of anilines is 1. The van der Waals surface area contributed by atoms with Gasteiger partial charge in [0.25, 0.3) is 10.0 Å². The Labute approximate surface area is 122 Å². The summed E-state index contributed by atoms with van der Waals surface area (Å²) >= 11 is 0. The number of para-hydroxylation sites is 1. The van der Waals surface area contributed by atoms with E-state index in [0.717, 1.165) is 10.9 Å². The maximum absolute atomic E-state index is 12.2. The smallest absolute Gasteiger partial charge is 0.274 e. The quantitative estimate of drug-likeness (QED) is 0.725. The number of furan rings is 1. The van der Waals surface area contributed by atoms with Crippen LogP contribution >= 0.6 is 0 Å². The average molecular weight is 302 g/mol. The van der Waals surface area contributed by atoms with Gasteiger partial charge in [0.2, 0.25) is 5.09 Å². The monoisotopic (exact) mass is 302 g/mol. The molecule has 21 heavy (non-hydrogen) atoms. The van der Waals surface area contributed by atoms with Crippen LogP contribution in [0, 0.1) is 0 Å². The topological polar surface area (TPSA) is 85.3 Å². The number of rotatable bonds is 4. The van der Waals surface area contributed by atoms with Crippen LogP contribution in [0.15, 0.2) is 64.1 Å². The zero-order valence-electron chi connectivity index (χ0n) is 11.1. The Morgan fingerprint density at radius 2 is 1.86 bits per heavy atom. The molecule has 3 rings (SSSR count). The summed E-state index contributed by atoms with van der Waals surface area (Å²) in [6.07, 6.45) is 0. The van der Waals surface area contributed by atoms with Crippen molar-refractivity contribution in [3.05, 3.63) is 60.2 Å². The molecule has 2 aromatic carbocycles. The lowest BCUT2D eigenvalue weighted by molar-refractivity contribution is 0.475. The molecule has 0 unspecified atom stereocenters. The molecule has 3 aromatic rings. The van der Waals surface area contributed by atoms with Crippen molar-refractivity contribution < 1.29 is 12.8 Å². The Bertz CT molecular complexity index is 852. The first-order chi connectivity index (χ1) is 10.0. The summed E-state index contributed by atoms with van der Waals surface area (Å²) in [5, 5.41) is 0.662. The lowest BCUT2D eigenvalue weighted by Gasteiger charge is -2.04. The predicted octanol–water partition coefficient (Wildman–Crippen LogP) is 2.49. The first-order valence-electron chi connectivity index (χ1n) is 6.37. The highest BCUT2D eigenvalue weighted by Crippen LogP contribution is 2.22. The number of nitrogen functional groups attached to an aromatic ring is 1. The first-order valence-corrected chi connectivity index (χ1v) is 7.85. The molecular weight excluding hydrogens is 288 g/mol. The first kappa shape index (κ1) is 13.7. The van der Waals surface area contributed by atoms with Crippen molar-refractivity contribution in [3.8, 4) is 0 Å². The van der Waals surface area contributed by atoms with Crippen LogP contribution in [0.4, 0.5) is 5.69 Å². The lowest BCUT2D eigenvalue weighted by Crippen LogP contribution is -2.22. The molecule has 0 bridgehead atoms. The van der Waals surface area contributed by atoms with Crippen LogP contribution in [-0.2, 0) is 16.6 Å². The van der Waals surface area contributed by atoms with E-state index in [9.17, 15) is 8.42 Å². The van der Waals surface area contributed by atoms with Crippen molar-refractivity contribution in [3.63, 3.8) is 0 Å². The van der Waals surface area contributed by atoms with Crippen LogP contribution in [0.3, 0.4) is 0 Å². The molecule has 3 N–H and O–H groups in total. The molecule has 108 valence electrons. The molecule has 0 saturated carbocycles. The van der Waals surface area contributed by atoms with Crippen LogP contribution in [0.25, 0.3) is 11.0 Å². The highest BCUT2D eigenvalue weighted by molar-refractivity contribution is 7.89. The van der Waals surface area contributed by atoms with Gasteiger partial charge in [-0.05, 0) is 23.8 Å². The molecule has 5 nitrogen and oxygen atoms in total. The van der Waals surface area contributed by atoms with E-state index in [1.54, 1.807) is 42.5 Å². The molecule has 1 heterocycles. The molecule has 6 heteroatoms. The number of fused-ring (bicyclic) bond motifs is 1. The summed E-state index contributed by atoms with van der Waals surface area (Å²) in [7, 11) is -3.69. The van der Waals surface area contributed by atoms with Gasteiger partial charge in [0.05, 0.1) is 0 Å². The zero-order valence-corrected chi connectivity index (χ0v) is 11.9. The second-order valence-electron chi connectivity index (χ2n) is 4.67. The summed E-state index contributed by atoms with van der Waals surface area (Å²) in [6.45, 7) is 0.157. The van der Waals surface area contributed by atoms with Crippen LogP contribution in [0.2, 0.25) is 0 Å². The van der Waals surface area contributed by atoms with Gasteiger partial charge in [-0.1, -0.05) is 30.3 Å². The van der Waals surface area contributed by atoms with Crippen molar-refractivity contribution in [2.24, 2.45) is 0 Å². The Morgan fingerprint density at radius 3 is 2.62 bits per heavy atom. The van der Waals surface area contributed by atoms with Crippen LogP contribution in [-0.4, -0.2) is 8.42 Å². The average Bonchev–Trinajstić information content (AvgIpc) is 2.90. The minimum absolute atomic E-state index is 0.0902. The Balaban J connectivity index is 1.83. The van der Waals surface area contributed by atoms with E-state index in [-0.39, 0.29) is 11.6 Å². The van der Waals surface area contributed by atoms with E-state index in [1.807, 2.05) is 6.07 Å². The van der Waals surface area contributed by atoms with Crippen molar-refractivity contribution in [1.82, 2.24) is 4.72 Å². The van der Waals surface area contributed by atoms with E-state index in [0.29, 0.717) is 11.3 Å². The largest absolute Gasteiger partial charge is 0.443 e. The zero-order chi connectivity index (χ0) is 14.9. The second kappa shape index (κ2) is 5.23. The number of sulfonamides is 1. The Morgan fingerprint density at radius 1 is 1.05 bits per heavy atom. The van der Waals surface area contributed by atoms with Gasteiger partial charge in [-0.3, -0.25) is 0 Å². The number of hydrogen-bond acceptors (Lipinski definition) is 4. The van der Waals surface area contributed by atoms with Gasteiger partial charge in [-0.2, -0.15) is 0 Å². The molecule has 0 spiro atoms. The SMILES string of the molecule is Nc1cccc(CNS(=O)(=O)c2cc3ccccc3o2)c1. The fourth-order valence-corrected chi connectivity index (χ4v) is 3.02. The lowest BCUT2D eigenvalue weighted by atomic mass is 10.2. The molecule has 0 saturated heterocycles. The molecule has 0 aliphatic carbocycles. The van der Waals surface area contributed by atoms with Crippen molar-refractivity contribution in [2.75, 3.05) is 5.73 Å². The van der Waals surface area contributed by atoms with Crippen molar-refractivity contribution in [1.29, 1.82) is 0 Å². The summed E-state index contributed by atoms with van der Waals surface area (Å²) in [5.74, 6) is 0. The molecular formula is C15H14N2O3S. The number of nitrogens with two attached hydrogens (primary N) is 1. The molecule has 0 aliphatic rings. The normalized spacial score (nSPS) is 11.8. The van der Waals surface area contributed by atoms with E-state index in [2.05, 4.69) is 4.72 Å². The van der Waals surface area contributed by atoms with E-state index < -0.39 is 10.0 Å². The summed E-state index contributed by atoms with van der Waals surface area (Å²) in [4.78, 5) is 0. The fraction of sp³-hybridized carbons (Fsp3) is 0.0667. The third-order valence-electron chi connectivity index (χ3n) is 3.09. The van der Waals surface area contributed by atoms with Gasteiger partial charge in [0.1, 0.15) is 5.58 Å². The second-order valence-corrected chi connectivity index (χ2v) is 6.37. The number of nitrogens with one attached hydrogen (secondary N) is 1. The molecule has 0 aliphatic heterocycles. The summed E-state index contributed by atoms with van der Waals surface area (Å²) in [5.41, 5.74) is 7.59. The van der Waals surface area contributed by atoms with Gasteiger partial charge >= 0.3 is 0 Å². The molecule has 1 aromatic heterocycles. The minimum atomic E-state index is -3.69. The maximum atomic E-state index is 12.2. The highest BCUT2D eigenvalue weighted by atomic mass is 32.2. The Hall–Kier alpha value is -2.31. The third-order valence-corrected chi connectivity index (χ3v) is 4.34. The highest BCUT2D eigenvalue weighted by Gasteiger charge is 2.19. The van der Waals surface area contributed by atoms with Crippen molar-refractivity contribution >= 4 is 26.7 Å². The summed E-state index contributed by atoms with van der Waals surface area (Å²) < 4.78 is 32.3. The number of hydrogen-bond donors (Lipinski definition) is 2. The predicted molar refractivity (Wildman–Crippen MR) is 81.1 cm³/mol. The van der Waals surface area contributed by atoms with E-state index in [1.165, 1.54) is 6.07 Å². The van der Waals surface area contributed by atoms with Crippen LogP contribution in [0.1, 0.15) is 5.56 Å².